The molecule has 1 aliphatic heterocycles. The Labute approximate surface area is 138 Å². The first-order valence-electron chi connectivity index (χ1n) is 8.23. The Bertz CT molecular complexity index is 400. The summed E-state index contributed by atoms with van der Waals surface area (Å²) < 4.78 is 5.30. The number of hydrogen-bond acceptors (Lipinski definition) is 5. The quantitative estimate of drug-likeness (QED) is 0.555. The average molecular weight is 330 g/mol. The van der Waals surface area contributed by atoms with Gasteiger partial charge in [0, 0.05) is 19.7 Å². The Kier molecular flexibility index (Phi) is 7.28. The number of aliphatic hydroxyl groups is 1. The fraction of sp³-hybridized carbons (Fsp3) is 0.875. The Morgan fingerprint density at radius 1 is 1.17 bits per heavy atom. The number of aliphatic carboxylic acids is 1. The minimum absolute atomic E-state index is 0.0110. The number of unbranched alkanes of at least 4 members (excludes halogenated alkanes) is 3. The maximum absolute atomic E-state index is 12.0. The van der Waals surface area contributed by atoms with E-state index in [1.165, 1.54) is 4.90 Å². The summed E-state index contributed by atoms with van der Waals surface area (Å²) in [5.41, 5.74) is -1.11. The van der Waals surface area contributed by atoms with E-state index in [2.05, 4.69) is 5.32 Å². The van der Waals surface area contributed by atoms with E-state index in [-0.39, 0.29) is 13.0 Å². The molecule has 7 heteroatoms. The van der Waals surface area contributed by atoms with Gasteiger partial charge in [0.05, 0.1) is 12.0 Å². The number of likely N-dealkylation sites (tertiary alicyclic amines) is 1. The Hall–Kier alpha value is -1.34. The zero-order chi connectivity index (χ0) is 17.5. The minimum atomic E-state index is -0.874. The molecular weight excluding hydrogens is 300 g/mol. The second kappa shape index (κ2) is 8.49. The molecule has 0 bridgehead atoms. The molecule has 134 valence electrons. The number of carboxylic acid groups (broad SMARTS) is 1. The van der Waals surface area contributed by atoms with Crippen LogP contribution < -0.4 is 5.32 Å². The molecule has 1 heterocycles. The van der Waals surface area contributed by atoms with Crippen LogP contribution >= 0.6 is 0 Å². The summed E-state index contributed by atoms with van der Waals surface area (Å²) in [6.45, 7) is 7.04. The molecule has 0 saturated carbocycles. The van der Waals surface area contributed by atoms with E-state index >= 15 is 0 Å². The van der Waals surface area contributed by atoms with Gasteiger partial charge in [-0.1, -0.05) is 12.8 Å². The van der Waals surface area contributed by atoms with Crippen molar-refractivity contribution < 1.29 is 24.5 Å². The van der Waals surface area contributed by atoms with Gasteiger partial charge in [-0.15, -0.1) is 0 Å². The third kappa shape index (κ3) is 7.18. The molecule has 0 aromatic heterocycles. The zero-order valence-electron chi connectivity index (χ0n) is 14.4. The van der Waals surface area contributed by atoms with Gasteiger partial charge in [-0.3, -0.25) is 4.79 Å². The maximum Gasteiger partial charge on any atom is 0.410 e. The van der Waals surface area contributed by atoms with Crippen molar-refractivity contribution >= 4 is 12.1 Å². The smallest absolute Gasteiger partial charge is 0.410 e. The van der Waals surface area contributed by atoms with Crippen LogP contribution in [0.15, 0.2) is 0 Å². The fourth-order valence-electron chi connectivity index (χ4n) is 2.66. The highest BCUT2D eigenvalue weighted by Gasteiger charge is 2.47. The van der Waals surface area contributed by atoms with E-state index in [9.17, 15) is 9.59 Å². The largest absolute Gasteiger partial charge is 0.481 e. The Morgan fingerprint density at radius 2 is 1.78 bits per heavy atom. The number of amides is 1. The molecule has 1 aliphatic rings. The number of carbonyl (C=O) groups excluding carboxylic acids is 1. The van der Waals surface area contributed by atoms with Gasteiger partial charge in [-0.2, -0.15) is 0 Å². The van der Waals surface area contributed by atoms with Gasteiger partial charge in [-0.05, 0) is 40.2 Å². The van der Waals surface area contributed by atoms with Crippen LogP contribution in [0.1, 0.15) is 52.9 Å². The van der Waals surface area contributed by atoms with E-state index in [0.717, 1.165) is 25.7 Å². The minimum Gasteiger partial charge on any atom is -0.481 e. The van der Waals surface area contributed by atoms with Crippen molar-refractivity contribution in [2.75, 3.05) is 26.2 Å². The molecule has 0 aromatic rings. The predicted octanol–water partition coefficient (Wildman–Crippen LogP) is 1.59. The number of carboxylic acids is 1. The average Bonchev–Trinajstić information content (AvgIpc) is 2.36. The van der Waals surface area contributed by atoms with Gasteiger partial charge in [0.25, 0.3) is 0 Å². The summed E-state index contributed by atoms with van der Waals surface area (Å²) in [5, 5.41) is 21.1. The van der Waals surface area contributed by atoms with Crippen LogP contribution in [-0.2, 0) is 9.53 Å². The van der Waals surface area contributed by atoms with E-state index in [4.69, 9.17) is 14.9 Å². The first kappa shape index (κ1) is 19.7. The molecule has 0 radical (unpaired) electrons. The third-order valence-corrected chi connectivity index (χ3v) is 3.71. The van der Waals surface area contributed by atoms with Gasteiger partial charge < -0.3 is 25.2 Å². The number of aliphatic hydroxyl groups excluding tert-OH is 1. The fourth-order valence-corrected chi connectivity index (χ4v) is 2.66. The highest BCUT2D eigenvalue weighted by atomic mass is 16.6. The number of carbonyl (C=O) groups is 2. The van der Waals surface area contributed by atoms with Gasteiger partial charge in [0.2, 0.25) is 0 Å². The molecule has 0 aliphatic carbocycles. The highest BCUT2D eigenvalue weighted by Crippen LogP contribution is 2.27. The van der Waals surface area contributed by atoms with Crippen molar-refractivity contribution in [1.29, 1.82) is 0 Å². The lowest BCUT2D eigenvalue weighted by molar-refractivity contribution is -0.141. The van der Waals surface area contributed by atoms with Crippen molar-refractivity contribution in [3.05, 3.63) is 0 Å². The highest BCUT2D eigenvalue weighted by molar-refractivity contribution is 5.73. The second-order valence-electron chi connectivity index (χ2n) is 7.25. The lowest BCUT2D eigenvalue weighted by atomic mass is 9.86. The van der Waals surface area contributed by atoms with Gasteiger partial charge in [0.1, 0.15) is 5.60 Å². The molecule has 1 rings (SSSR count). The van der Waals surface area contributed by atoms with E-state index in [1.807, 2.05) is 0 Å². The van der Waals surface area contributed by atoms with Gasteiger partial charge >= 0.3 is 12.1 Å². The molecule has 0 unspecified atom stereocenters. The molecule has 0 atom stereocenters. The van der Waals surface area contributed by atoms with Crippen molar-refractivity contribution in [3.8, 4) is 0 Å². The molecule has 1 amide bonds. The van der Waals surface area contributed by atoms with Crippen LogP contribution in [0.25, 0.3) is 0 Å². The number of nitrogens with zero attached hydrogens (tertiary/aromatic N) is 1. The molecular formula is C16H30N2O5. The first-order chi connectivity index (χ1) is 10.7. The SMILES string of the molecule is CC(C)(C)OC(=O)N1CC(CC(=O)O)(NCCCCCCO)C1. The second-order valence-corrected chi connectivity index (χ2v) is 7.25. The summed E-state index contributed by atoms with van der Waals surface area (Å²) >= 11 is 0. The molecule has 0 spiro atoms. The molecule has 3 N–H and O–H groups in total. The molecule has 23 heavy (non-hydrogen) atoms. The zero-order valence-corrected chi connectivity index (χ0v) is 14.4. The van der Waals surface area contributed by atoms with Crippen LogP contribution in [-0.4, -0.2) is 64.6 Å². The van der Waals surface area contributed by atoms with Crippen molar-refractivity contribution in [2.45, 2.75) is 64.0 Å². The van der Waals surface area contributed by atoms with Crippen molar-refractivity contribution in [2.24, 2.45) is 0 Å². The standard InChI is InChI=1S/C16H30N2O5/c1-15(2,3)23-14(22)18-11-16(12-18,10-13(20)21)17-8-6-4-5-7-9-19/h17,19H,4-12H2,1-3H3,(H,20,21). The first-order valence-corrected chi connectivity index (χ1v) is 8.23. The molecule has 1 saturated heterocycles. The van der Waals surface area contributed by atoms with Crippen LogP contribution in [0.2, 0.25) is 0 Å². The number of nitrogens with one attached hydrogen (secondary N) is 1. The third-order valence-electron chi connectivity index (χ3n) is 3.71. The van der Waals surface area contributed by atoms with Crippen molar-refractivity contribution in [1.82, 2.24) is 10.2 Å². The van der Waals surface area contributed by atoms with Crippen LogP contribution in [0.5, 0.6) is 0 Å². The lowest BCUT2D eigenvalue weighted by Gasteiger charge is -2.49. The Morgan fingerprint density at radius 3 is 2.30 bits per heavy atom. The van der Waals surface area contributed by atoms with E-state index in [0.29, 0.717) is 19.6 Å². The summed E-state index contributed by atoms with van der Waals surface area (Å²) in [7, 11) is 0. The monoisotopic (exact) mass is 330 g/mol. The molecule has 1 fully saturated rings. The molecule has 0 aromatic carbocycles. The lowest BCUT2D eigenvalue weighted by Crippen LogP contribution is -2.71. The summed E-state index contributed by atoms with van der Waals surface area (Å²) in [5.74, 6) is -0.874. The topological polar surface area (TPSA) is 99.1 Å². The predicted molar refractivity (Wildman–Crippen MR) is 86.3 cm³/mol. The summed E-state index contributed by atoms with van der Waals surface area (Å²) in [6, 6.07) is 0. The van der Waals surface area contributed by atoms with Gasteiger partial charge in [0.15, 0.2) is 0 Å². The number of rotatable bonds is 9. The summed E-state index contributed by atoms with van der Waals surface area (Å²) in [4.78, 5) is 24.6. The maximum atomic E-state index is 12.0. The van der Waals surface area contributed by atoms with E-state index < -0.39 is 23.2 Å². The summed E-state index contributed by atoms with van der Waals surface area (Å²) in [6.07, 6.45) is 3.27. The Balaban J connectivity index is 2.40. The van der Waals surface area contributed by atoms with Crippen molar-refractivity contribution in [3.63, 3.8) is 0 Å². The molecule has 7 nitrogen and oxygen atoms in total. The van der Waals surface area contributed by atoms with Crippen LogP contribution in [0, 0.1) is 0 Å². The number of ether oxygens (including phenoxy) is 1. The van der Waals surface area contributed by atoms with E-state index in [1.54, 1.807) is 20.8 Å². The van der Waals surface area contributed by atoms with Gasteiger partial charge in [-0.25, -0.2) is 4.79 Å². The van der Waals surface area contributed by atoms with Crippen LogP contribution in [0.4, 0.5) is 4.79 Å². The van der Waals surface area contributed by atoms with Crippen LogP contribution in [0.3, 0.4) is 0 Å². The normalized spacial score (nSPS) is 16.8. The number of hydrogen-bond donors (Lipinski definition) is 3.